The molecule has 7 aromatic rings. The average Bonchev–Trinajstić information content (AvgIpc) is 3.79. The van der Waals surface area contributed by atoms with Gasteiger partial charge in [0.15, 0.2) is 0 Å². The third-order valence-corrected chi connectivity index (χ3v) is 9.92. The molecule has 6 heteroatoms. The molecule has 0 saturated carbocycles. The van der Waals surface area contributed by atoms with Crippen molar-refractivity contribution < 1.29 is 9.22 Å². The van der Waals surface area contributed by atoms with E-state index in [1.54, 1.807) is 0 Å². The average molecular weight is 656 g/mol. The highest BCUT2D eigenvalue weighted by Crippen LogP contribution is 2.39. The quantitative estimate of drug-likeness (QED) is 0.121. The van der Waals surface area contributed by atoms with Crippen LogP contribution in [0.15, 0.2) is 152 Å². The van der Waals surface area contributed by atoms with Gasteiger partial charge in [-0.3, -0.25) is 4.79 Å². The monoisotopic (exact) mass is 655 g/mol. The normalized spacial score (nSPS) is 14.6. The van der Waals surface area contributed by atoms with Gasteiger partial charge in [-0.05, 0) is 96.8 Å². The molecular weight excluding hydrogens is 619 g/mol. The standard InChI is InChI=1S/C43H37N3O2Si/c47-43(48-49)42-16-9-29-44(42)33-23-19-31(20-24-33)17-18-32-21-25-36(26-22-32)45(34-10-3-1-4-11-34)37-27-28-41-39(30-37)38-14-7-8-15-40(38)46(41)35-12-5-2-6-13-35/h1-8,10-15,17-28,30,42H,9,16,29H2,49H3/b18-17+/t42-/m0/s1. The topological polar surface area (TPSA) is 37.7 Å². The van der Waals surface area contributed by atoms with Gasteiger partial charge in [-0.2, -0.15) is 0 Å². The summed E-state index contributed by atoms with van der Waals surface area (Å²) in [6.45, 7) is 0.883. The van der Waals surface area contributed by atoms with Crippen LogP contribution in [0.2, 0.25) is 0 Å². The van der Waals surface area contributed by atoms with Crippen molar-refractivity contribution >= 4 is 73.2 Å². The first-order chi connectivity index (χ1) is 24.2. The Hall–Kier alpha value is -5.85. The third kappa shape index (κ3) is 5.92. The number of hydrogen-bond donors (Lipinski definition) is 0. The maximum atomic E-state index is 12.3. The molecule has 0 bridgehead atoms. The van der Waals surface area contributed by atoms with E-state index in [-0.39, 0.29) is 12.0 Å². The van der Waals surface area contributed by atoms with Crippen molar-refractivity contribution in [2.75, 3.05) is 16.3 Å². The molecule has 1 aromatic heterocycles. The van der Waals surface area contributed by atoms with Gasteiger partial charge in [0.1, 0.15) is 6.04 Å². The summed E-state index contributed by atoms with van der Waals surface area (Å²) in [7, 11) is 0.434. The van der Waals surface area contributed by atoms with Crippen molar-refractivity contribution in [3.8, 4) is 5.69 Å². The highest BCUT2D eigenvalue weighted by molar-refractivity contribution is 6.10. The summed E-state index contributed by atoms with van der Waals surface area (Å²) in [4.78, 5) is 16.7. The summed E-state index contributed by atoms with van der Waals surface area (Å²) in [6.07, 6.45) is 6.15. The lowest BCUT2D eigenvalue weighted by molar-refractivity contribution is -0.135. The Labute approximate surface area is 289 Å². The molecule has 1 saturated heterocycles. The molecule has 0 unspecified atom stereocenters. The van der Waals surface area contributed by atoms with Gasteiger partial charge in [-0.15, -0.1) is 0 Å². The Balaban J connectivity index is 1.09. The second-order valence-corrected chi connectivity index (χ2v) is 12.9. The van der Waals surface area contributed by atoms with E-state index in [9.17, 15) is 4.79 Å². The zero-order valence-corrected chi connectivity index (χ0v) is 29.4. The van der Waals surface area contributed by atoms with Crippen LogP contribution < -0.4 is 9.80 Å². The minimum Gasteiger partial charge on any atom is -0.527 e. The van der Waals surface area contributed by atoms with E-state index in [0.717, 1.165) is 59.0 Å². The molecular formula is C43H37N3O2Si. The lowest BCUT2D eigenvalue weighted by Gasteiger charge is -2.25. The van der Waals surface area contributed by atoms with Crippen LogP contribution in [-0.2, 0) is 9.22 Å². The largest absolute Gasteiger partial charge is 0.527 e. The van der Waals surface area contributed by atoms with Crippen molar-refractivity contribution in [3.63, 3.8) is 0 Å². The van der Waals surface area contributed by atoms with Crippen LogP contribution in [0.25, 0.3) is 39.6 Å². The fraction of sp³-hybridized carbons (Fsp3) is 0.0930. The SMILES string of the molecule is O=C(O[SiH3])[C@@H]1CCCN1c1ccc(/C=C/c2ccc(N(c3ccccc3)c3ccc4c(c3)c3ccccc3n4-c3ccccc3)cc2)cc1. The Morgan fingerprint density at radius 1 is 0.633 bits per heavy atom. The van der Waals surface area contributed by atoms with Crippen LogP contribution in [0.1, 0.15) is 24.0 Å². The number of aromatic nitrogens is 1. The number of nitrogens with zero attached hydrogens (tertiary/aromatic N) is 3. The van der Waals surface area contributed by atoms with Crippen LogP contribution in [0.3, 0.4) is 0 Å². The minimum absolute atomic E-state index is 0.0985. The van der Waals surface area contributed by atoms with Crippen LogP contribution in [0.5, 0.6) is 0 Å². The van der Waals surface area contributed by atoms with Gasteiger partial charge in [-0.1, -0.05) is 91.0 Å². The second-order valence-electron chi connectivity index (χ2n) is 12.5. The molecule has 0 aliphatic carbocycles. The maximum Gasteiger partial charge on any atom is 0.314 e. The minimum atomic E-state index is -0.163. The first kappa shape index (κ1) is 30.5. The zero-order chi connectivity index (χ0) is 33.2. The maximum absolute atomic E-state index is 12.3. The van der Waals surface area contributed by atoms with Gasteiger partial charge in [0.05, 0.1) is 11.0 Å². The number of anilines is 4. The van der Waals surface area contributed by atoms with Gasteiger partial charge in [0.2, 0.25) is 10.5 Å². The number of carbonyl (C=O) groups is 1. The van der Waals surface area contributed by atoms with Gasteiger partial charge < -0.3 is 18.8 Å². The number of benzene rings is 6. The van der Waals surface area contributed by atoms with Crippen molar-refractivity contribution in [2.24, 2.45) is 0 Å². The third-order valence-electron chi connectivity index (χ3n) is 9.51. The van der Waals surface area contributed by atoms with Crippen LogP contribution in [0.4, 0.5) is 22.7 Å². The van der Waals surface area contributed by atoms with Gasteiger partial charge in [0.25, 0.3) is 0 Å². The number of hydrogen-bond acceptors (Lipinski definition) is 4. The molecule has 0 radical (unpaired) electrons. The molecule has 0 N–H and O–H groups in total. The number of rotatable bonds is 8. The van der Waals surface area contributed by atoms with Gasteiger partial charge in [0, 0.05) is 45.8 Å². The molecule has 240 valence electrons. The molecule has 1 aliphatic heterocycles. The van der Waals surface area contributed by atoms with Gasteiger partial charge >= 0.3 is 5.97 Å². The van der Waals surface area contributed by atoms with Crippen molar-refractivity contribution in [1.82, 2.24) is 4.57 Å². The molecule has 1 fully saturated rings. The van der Waals surface area contributed by atoms with E-state index in [0.29, 0.717) is 10.5 Å². The fourth-order valence-corrected chi connectivity index (χ4v) is 7.41. The van der Waals surface area contributed by atoms with E-state index >= 15 is 0 Å². The summed E-state index contributed by atoms with van der Waals surface area (Å²) in [5.41, 5.74) is 10.1. The van der Waals surface area contributed by atoms with E-state index in [2.05, 4.69) is 178 Å². The highest BCUT2D eigenvalue weighted by Gasteiger charge is 2.31. The number of para-hydroxylation sites is 3. The van der Waals surface area contributed by atoms with E-state index < -0.39 is 0 Å². The van der Waals surface area contributed by atoms with Crippen LogP contribution in [0, 0.1) is 0 Å². The number of fused-ring (bicyclic) bond motifs is 3. The summed E-state index contributed by atoms with van der Waals surface area (Å²) in [5.74, 6) is -0.0985. The molecule has 1 atom stereocenters. The van der Waals surface area contributed by atoms with Crippen LogP contribution in [-0.4, -0.2) is 33.6 Å². The van der Waals surface area contributed by atoms with Crippen molar-refractivity contribution in [1.29, 1.82) is 0 Å². The highest BCUT2D eigenvalue weighted by atomic mass is 28.2. The van der Waals surface area contributed by atoms with E-state index in [1.807, 2.05) is 0 Å². The molecule has 2 heterocycles. The fourth-order valence-electron chi connectivity index (χ4n) is 7.14. The Morgan fingerprint density at radius 2 is 1.22 bits per heavy atom. The van der Waals surface area contributed by atoms with E-state index in [4.69, 9.17) is 4.43 Å². The molecule has 6 aromatic carbocycles. The van der Waals surface area contributed by atoms with Crippen molar-refractivity contribution in [3.05, 3.63) is 163 Å². The zero-order valence-electron chi connectivity index (χ0n) is 27.4. The smallest absolute Gasteiger partial charge is 0.314 e. The summed E-state index contributed by atoms with van der Waals surface area (Å²) >= 11 is 0. The summed E-state index contributed by atoms with van der Waals surface area (Å²) in [6, 6.07) is 53.6. The summed E-state index contributed by atoms with van der Waals surface area (Å²) < 4.78 is 7.51. The predicted octanol–water partition coefficient (Wildman–Crippen LogP) is 9.22. The van der Waals surface area contributed by atoms with Crippen LogP contribution >= 0.6 is 0 Å². The molecule has 1 aliphatic rings. The lowest BCUT2D eigenvalue weighted by atomic mass is 10.1. The molecule has 0 spiro atoms. The van der Waals surface area contributed by atoms with E-state index in [1.165, 1.54) is 21.8 Å². The Bertz CT molecular complexity index is 2260. The molecule has 0 amide bonds. The Morgan fingerprint density at radius 3 is 1.94 bits per heavy atom. The molecule has 49 heavy (non-hydrogen) atoms. The lowest BCUT2D eigenvalue weighted by Crippen LogP contribution is -2.37. The Kier molecular flexibility index (Phi) is 8.30. The molecule has 5 nitrogen and oxygen atoms in total. The summed E-state index contributed by atoms with van der Waals surface area (Å²) in [5, 5.41) is 2.45. The van der Waals surface area contributed by atoms with Crippen molar-refractivity contribution in [2.45, 2.75) is 18.9 Å². The predicted molar refractivity (Wildman–Crippen MR) is 207 cm³/mol. The second kappa shape index (κ2) is 13.3. The first-order valence-corrected chi connectivity index (χ1v) is 17.7. The van der Waals surface area contributed by atoms with Gasteiger partial charge in [-0.25, -0.2) is 0 Å². The number of carbonyl (C=O) groups excluding carboxylic acids is 1. The first-order valence-electron chi connectivity index (χ1n) is 16.8. The molecule has 8 rings (SSSR count).